The van der Waals surface area contributed by atoms with Gasteiger partial charge in [0, 0.05) is 11.6 Å². The van der Waals surface area contributed by atoms with Crippen LogP contribution >= 0.6 is 0 Å². The van der Waals surface area contributed by atoms with Crippen LogP contribution < -0.4 is 9.47 Å². The van der Waals surface area contributed by atoms with Gasteiger partial charge < -0.3 is 14.0 Å². The molecule has 0 N–H and O–H groups in total. The van der Waals surface area contributed by atoms with Crippen molar-refractivity contribution in [3.63, 3.8) is 0 Å². The third-order valence-corrected chi connectivity index (χ3v) is 3.40. The molecular weight excluding hydrogens is 290 g/mol. The fraction of sp³-hybridized carbons (Fsp3) is 0.211. The van der Waals surface area contributed by atoms with Crippen molar-refractivity contribution in [2.24, 2.45) is 0 Å². The molecule has 4 nitrogen and oxygen atoms in total. The van der Waals surface area contributed by atoms with E-state index in [2.05, 4.69) is 5.16 Å². The van der Waals surface area contributed by atoms with Crippen molar-refractivity contribution in [3.8, 4) is 34.1 Å². The number of methoxy groups -OCH3 is 1. The first-order valence-electron chi connectivity index (χ1n) is 7.54. The zero-order valence-corrected chi connectivity index (χ0v) is 13.4. The van der Waals surface area contributed by atoms with Crippen LogP contribution in [0.2, 0.25) is 0 Å². The molecule has 1 heterocycles. The molecule has 0 aliphatic carbocycles. The fourth-order valence-electron chi connectivity index (χ4n) is 2.36. The van der Waals surface area contributed by atoms with E-state index in [-0.39, 0.29) is 6.10 Å². The van der Waals surface area contributed by atoms with Crippen LogP contribution in [0.1, 0.15) is 13.8 Å². The van der Waals surface area contributed by atoms with Gasteiger partial charge in [-0.2, -0.15) is 0 Å². The number of nitrogens with zero attached hydrogens (tertiary/aromatic N) is 1. The second-order valence-corrected chi connectivity index (χ2v) is 5.47. The number of rotatable bonds is 5. The highest BCUT2D eigenvalue weighted by Gasteiger charge is 2.12. The van der Waals surface area contributed by atoms with E-state index in [1.54, 1.807) is 7.11 Å². The van der Waals surface area contributed by atoms with Gasteiger partial charge in [-0.05, 0) is 50.2 Å². The monoisotopic (exact) mass is 309 g/mol. The fourth-order valence-corrected chi connectivity index (χ4v) is 2.36. The number of para-hydroxylation sites is 1. The van der Waals surface area contributed by atoms with E-state index in [1.807, 2.05) is 68.4 Å². The van der Waals surface area contributed by atoms with E-state index in [1.165, 1.54) is 0 Å². The molecule has 2 aromatic carbocycles. The molecule has 0 aliphatic rings. The summed E-state index contributed by atoms with van der Waals surface area (Å²) >= 11 is 0. The lowest BCUT2D eigenvalue weighted by molar-refractivity contribution is 0.242. The second kappa shape index (κ2) is 6.57. The lowest BCUT2D eigenvalue weighted by Gasteiger charge is -2.09. The number of aromatic nitrogens is 1. The highest BCUT2D eigenvalue weighted by molar-refractivity contribution is 5.71. The van der Waals surface area contributed by atoms with Gasteiger partial charge in [0.1, 0.15) is 17.2 Å². The molecule has 0 atom stereocenters. The van der Waals surface area contributed by atoms with E-state index in [0.717, 1.165) is 28.3 Å². The quantitative estimate of drug-likeness (QED) is 0.679. The van der Waals surface area contributed by atoms with Gasteiger partial charge in [-0.25, -0.2) is 0 Å². The van der Waals surface area contributed by atoms with E-state index in [9.17, 15) is 0 Å². The van der Waals surface area contributed by atoms with Crippen molar-refractivity contribution in [1.29, 1.82) is 0 Å². The van der Waals surface area contributed by atoms with Gasteiger partial charge in [-0.1, -0.05) is 17.3 Å². The molecule has 0 saturated heterocycles. The molecule has 3 rings (SSSR count). The predicted molar refractivity (Wildman–Crippen MR) is 89.7 cm³/mol. The molecule has 118 valence electrons. The Bertz CT molecular complexity index is 775. The van der Waals surface area contributed by atoms with E-state index < -0.39 is 0 Å². The highest BCUT2D eigenvalue weighted by Crippen LogP contribution is 2.32. The zero-order chi connectivity index (χ0) is 16.2. The molecule has 3 aromatic rings. The number of benzene rings is 2. The zero-order valence-electron chi connectivity index (χ0n) is 13.4. The third kappa shape index (κ3) is 3.37. The van der Waals surface area contributed by atoms with Gasteiger partial charge in [0.25, 0.3) is 0 Å². The topological polar surface area (TPSA) is 44.5 Å². The van der Waals surface area contributed by atoms with E-state index in [0.29, 0.717) is 5.76 Å². The van der Waals surface area contributed by atoms with Crippen molar-refractivity contribution >= 4 is 0 Å². The summed E-state index contributed by atoms with van der Waals surface area (Å²) in [6, 6.07) is 17.4. The first-order chi connectivity index (χ1) is 11.2. The number of hydrogen-bond acceptors (Lipinski definition) is 4. The molecule has 23 heavy (non-hydrogen) atoms. The molecule has 0 spiro atoms. The summed E-state index contributed by atoms with van der Waals surface area (Å²) in [7, 11) is 1.64. The average Bonchev–Trinajstić information content (AvgIpc) is 3.05. The van der Waals surface area contributed by atoms with Crippen LogP contribution in [-0.2, 0) is 0 Å². The molecule has 0 saturated carbocycles. The molecule has 0 fully saturated rings. The number of ether oxygens (including phenoxy) is 2. The Morgan fingerprint density at radius 2 is 1.74 bits per heavy atom. The molecule has 4 heteroatoms. The molecule has 1 aromatic heterocycles. The van der Waals surface area contributed by atoms with Crippen LogP contribution in [-0.4, -0.2) is 18.4 Å². The van der Waals surface area contributed by atoms with Crippen molar-refractivity contribution in [2.45, 2.75) is 20.0 Å². The van der Waals surface area contributed by atoms with Crippen molar-refractivity contribution < 1.29 is 14.0 Å². The number of hydrogen-bond donors (Lipinski definition) is 0. The van der Waals surface area contributed by atoms with Crippen LogP contribution in [0.15, 0.2) is 59.1 Å². The lowest BCUT2D eigenvalue weighted by Crippen LogP contribution is -2.05. The minimum absolute atomic E-state index is 0.157. The summed E-state index contributed by atoms with van der Waals surface area (Å²) in [4.78, 5) is 0. The maximum absolute atomic E-state index is 5.65. The average molecular weight is 309 g/mol. The summed E-state index contributed by atoms with van der Waals surface area (Å²) in [5, 5.41) is 4.16. The van der Waals surface area contributed by atoms with Crippen LogP contribution in [0.3, 0.4) is 0 Å². The van der Waals surface area contributed by atoms with E-state index in [4.69, 9.17) is 14.0 Å². The summed E-state index contributed by atoms with van der Waals surface area (Å²) in [5.74, 6) is 2.29. The first kappa shape index (κ1) is 15.2. The summed E-state index contributed by atoms with van der Waals surface area (Å²) in [5.41, 5.74) is 2.64. The Morgan fingerprint density at radius 3 is 2.43 bits per heavy atom. The van der Waals surface area contributed by atoms with Crippen molar-refractivity contribution in [2.75, 3.05) is 7.11 Å². The van der Waals surface area contributed by atoms with Gasteiger partial charge in [-0.15, -0.1) is 0 Å². The van der Waals surface area contributed by atoms with Crippen LogP contribution in [0.25, 0.3) is 22.6 Å². The normalized spacial score (nSPS) is 10.8. The minimum Gasteiger partial charge on any atom is -0.496 e. The van der Waals surface area contributed by atoms with Gasteiger partial charge in [0.2, 0.25) is 0 Å². The van der Waals surface area contributed by atoms with Gasteiger partial charge in [-0.3, -0.25) is 0 Å². The largest absolute Gasteiger partial charge is 0.496 e. The third-order valence-electron chi connectivity index (χ3n) is 3.40. The van der Waals surface area contributed by atoms with E-state index >= 15 is 0 Å². The first-order valence-corrected chi connectivity index (χ1v) is 7.54. The van der Waals surface area contributed by atoms with Gasteiger partial charge >= 0.3 is 0 Å². The molecule has 0 amide bonds. The Balaban J connectivity index is 1.87. The molecule has 0 bridgehead atoms. The Morgan fingerprint density at radius 1 is 1.00 bits per heavy atom. The van der Waals surface area contributed by atoms with Crippen molar-refractivity contribution in [3.05, 3.63) is 54.6 Å². The lowest BCUT2D eigenvalue weighted by atomic mass is 10.1. The Hall–Kier alpha value is -2.75. The summed E-state index contributed by atoms with van der Waals surface area (Å²) < 4.78 is 16.5. The summed E-state index contributed by atoms with van der Waals surface area (Å²) in [6.45, 7) is 4.01. The maximum Gasteiger partial charge on any atom is 0.171 e. The molecule has 0 unspecified atom stereocenters. The summed E-state index contributed by atoms with van der Waals surface area (Å²) in [6.07, 6.45) is 0.157. The Kier molecular flexibility index (Phi) is 4.33. The molecule has 0 radical (unpaired) electrons. The van der Waals surface area contributed by atoms with Gasteiger partial charge in [0.15, 0.2) is 5.76 Å². The second-order valence-electron chi connectivity index (χ2n) is 5.47. The van der Waals surface area contributed by atoms with Crippen molar-refractivity contribution in [1.82, 2.24) is 5.16 Å². The SMILES string of the molecule is COc1ccccc1-c1cc(-c2ccc(OC(C)C)cc2)no1. The molecule has 0 aliphatic heterocycles. The standard InChI is InChI=1S/C19H19NO3/c1-13(2)22-15-10-8-14(9-11-15)17-12-19(23-20-17)16-6-4-5-7-18(16)21-3/h4-13H,1-3H3. The molecular formula is C19H19NO3. The smallest absolute Gasteiger partial charge is 0.171 e. The van der Waals surface area contributed by atoms with Crippen LogP contribution in [0.5, 0.6) is 11.5 Å². The van der Waals surface area contributed by atoms with Crippen LogP contribution in [0, 0.1) is 0 Å². The minimum atomic E-state index is 0.157. The van der Waals surface area contributed by atoms with Gasteiger partial charge in [0.05, 0.1) is 18.8 Å². The highest BCUT2D eigenvalue weighted by atomic mass is 16.5. The van der Waals surface area contributed by atoms with Crippen LogP contribution in [0.4, 0.5) is 0 Å². The maximum atomic E-state index is 5.65. The predicted octanol–water partition coefficient (Wildman–Crippen LogP) is 4.80. The Labute approximate surface area is 135 Å².